The van der Waals surface area contributed by atoms with Crippen LogP contribution in [0.15, 0.2) is 48.0 Å². The van der Waals surface area contributed by atoms with E-state index in [4.69, 9.17) is 4.74 Å². The van der Waals surface area contributed by atoms with Crippen LogP contribution in [-0.2, 0) is 12.8 Å². The summed E-state index contributed by atoms with van der Waals surface area (Å²) in [6.45, 7) is 4.02. The van der Waals surface area contributed by atoms with Gasteiger partial charge in [-0.3, -0.25) is 0 Å². The maximum atomic E-state index is 10.5. The van der Waals surface area contributed by atoms with Gasteiger partial charge in [0, 0.05) is 12.5 Å². The summed E-state index contributed by atoms with van der Waals surface area (Å²) in [7, 11) is 0. The molecule has 24 heavy (non-hydrogen) atoms. The van der Waals surface area contributed by atoms with Crippen LogP contribution in [0.1, 0.15) is 36.6 Å². The molecule has 4 nitrogen and oxygen atoms in total. The van der Waals surface area contributed by atoms with Gasteiger partial charge in [-0.25, -0.2) is 0 Å². The lowest BCUT2D eigenvalue weighted by molar-refractivity contribution is 0.0206. The van der Waals surface area contributed by atoms with E-state index in [2.05, 4.69) is 0 Å². The number of hydrogen-bond donors (Lipinski definition) is 3. The molecule has 0 fully saturated rings. The summed E-state index contributed by atoms with van der Waals surface area (Å²) in [5.74, 6) is 0.961. The minimum absolute atomic E-state index is 0.138. The zero-order valence-corrected chi connectivity index (χ0v) is 13.9. The second-order valence-electron chi connectivity index (χ2n) is 6.48. The molecular weight excluding hydrogens is 304 g/mol. The second kappa shape index (κ2) is 6.57. The Morgan fingerprint density at radius 3 is 2.71 bits per heavy atom. The average Bonchev–Trinajstić information content (AvgIpc) is 2.54. The number of rotatable bonds is 3. The van der Waals surface area contributed by atoms with Gasteiger partial charge >= 0.3 is 0 Å². The van der Waals surface area contributed by atoms with E-state index >= 15 is 0 Å². The van der Waals surface area contributed by atoms with Gasteiger partial charge in [0.2, 0.25) is 0 Å². The predicted octanol–water partition coefficient (Wildman–Crippen LogP) is 3.64. The first-order chi connectivity index (χ1) is 11.4. The highest BCUT2D eigenvalue weighted by Crippen LogP contribution is 2.38. The van der Waals surface area contributed by atoms with Gasteiger partial charge in [0.25, 0.3) is 0 Å². The third-order valence-corrected chi connectivity index (χ3v) is 4.25. The molecule has 126 valence electrons. The zero-order chi connectivity index (χ0) is 17.3. The van der Waals surface area contributed by atoms with Gasteiger partial charge in [-0.2, -0.15) is 0 Å². The summed E-state index contributed by atoms with van der Waals surface area (Å²) in [6.07, 6.45) is 1.94. The largest absolute Gasteiger partial charge is 0.508 e. The third kappa shape index (κ3) is 3.39. The molecule has 1 heterocycles. The molecule has 0 amide bonds. The van der Waals surface area contributed by atoms with Crippen molar-refractivity contribution in [1.82, 2.24) is 0 Å². The highest BCUT2D eigenvalue weighted by atomic mass is 16.5. The van der Waals surface area contributed by atoms with Gasteiger partial charge in [0.1, 0.15) is 23.4 Å². The Hall–Kier alpha value is -2.46. The molecule has 4 heteroatoms. The number of allylic oxidation sites excluding steroid dienone is 2. The Bertz CT molecular complexity index is 775. The van der Waals surface area contributed by atoms with E-state index < -0.39 is 12.2 Å². The number of hydrogen-bond acceptors (Lipinski definition) is 4. The van der Waals surface area contributed by atoms with Crippen LogP contribution in [-0.4, -0.2) is 21.4 Å². The van der Waals surface area contributed by atoms with Crippen molar-refractivity contribution in [2.24, 2.45) is 0 Å². The van der Waals surface area contributed by atoms with Gasteiger partial charge in [-0.1, -0.05) is 23.8 Å². The number of phenolic OH excluding ortho intramolecular Hbond substituents is 2. The van der Waals surface area contributed by atoms with Gasteiger partial charge in [0.05, 0.1) is 6.10 Å². The Labute approximate surface area is 141 Å². The van der Waals surface area contributed by atoms with Crippen molar-refractivity contribution in [1.29, 1.82) is 0 Å². The van der Waals surface area contributed by atoms with Crippen LogP contribution in [0.3, 0.4) is 0 Å². The molecule has 3 rings (SSSR count). The van der Waals surface area contributed by atoms with Crippen molar-refractivity contribution in [2.45, 2.75) is 38.9 Å². The summed E-state index contributed by atoms with van der Waals surface area (Å²) < 4.78 is 5.92. The molecule has 1 aliphatic rings. The first kappa shape index (κ1) is 16.4. The molecular formula is C20H22O4. The Morgan fingerprint density at radius 2 is 1.96 bits per heavy atom. The summed E-state index contributed by atoms with van der Waals surface area (Å²) in [4.78, 5) is 0. The van der Waals surface area contributed by atoms with Crippen LogP contribution in [0.4, 0.5) is 0 Å². The van der Waals surface area contributed by atoms with Crippen molar-refractivity contribution in [3.63, 3.8) is 0 Å². The monoisotopic (exact) mass is 326 g/mol. The highest BCUT2D eigenvalue weighted by Gasteiger charge is 2.30. The van der Waals surface area contributed by atoms with E-state index in [9.17, 15) is 15.3 Å². The minimum Gasteiger partial charge on any atom is -0.508 e. The fourth-order valence-electron chi connectivity index (χ4n) is 2.92. The first-order valence-electron chi connectivity index (χ1n) is 8.06. The first-order valence-corrected chi connectivity index (χ1v) is 8.06. The van der Waals surface area contributed by atoms with E-state index in [0.29, 0.717) is 18.6 Å². The molecule has 0 unspecified atom stereocenters. The lowest BCUT2D eigenvalue weighted by Crippen LogP contribution is -2.30. The van der Waals surface area contributed by atoms with Crippen LogP contribution in [0, 0.1) is 0 Å². The molecule has 2 atom stereocenters. The van der Waals surface area contributed by atoms with Crippen molar-refractivity contribution >= 4 is 0 Å². The molecule has 0 radical (unpaired) electrons. The van der Waals surface area contributed by atoms with E-state index in [1.807, 2.05) is 26.0 Å². The Morgan fingerprint density at radius 1 is 1.17 bits per heavy atom. The van der Waals surface area contributed by atoms with Crippen LogP contribution < -0.4 is 4.74 Å². The number of benzene rings is 2. The normalized spacial score (nSPS) is 19.3. The quantitative estimate of drug-likeness (QED) is 0.753. The van der Waals surface area contributed by atoms with Crippen LogP contribution in [0.25, 0.3) is 0 Å². The van der Waals surface area contributed by atoms with Gasteiger partial charge in [-0.05, 0) is 55.2 Å². The molecule has 2 aromatic rings. The van der Waals surface area contributed by atoms with Gasteiger partial charge < -0.3 is 20.1 Å². The molecule has 0 spiro atoms. The molecule has 0 aromatic heterocycles. The van der Waals surface area contributed by atoms with Crippen molar-refractivity contribution in [3.8, 4) is 17.2 Å². The molecule has 3 N–H and O–H groups in total. The lowest BCUT2D eigenvalue weighted by atomic mass is 9.93. The van der Waals surface area contributed by atoms with Gasteiger partial charge in [0.15, 0.2) is 0 Å². The average molecular weight is 326 g/mol. The standard InChI is InChI=1S/C20H22O4/c1-12(2)3-4-13-9-15(6-8-17(13)22)20-18(23)10-14-5-7-16(21)11-19(14)24-20/h3,5-9,11,18,20-23H,4,10H2,1-2H3/t18-,20-/m1/s1. The van der Waals surface area contributed by atoms with Crippen molar-refractivity contribution < 1.29 is 20.1 Å². The smallest absolute Gasteiger partial charge is 0.150 e. The fourth-order valence-corrected chi connectivity index (χ4v) is 2.92. The van der Waals surface area contributed by atoms with Crippen LogP contribution in [0.5, 0.6) is 17.2 Å². The van der Waals surface area contributed by atoms with Crippen LogP contribution in [0.2, 0.25) is 0 Å². The summed E-state index contributed by atoms with van der Waals surface area (Å²) in [5.41, 5.74) is 3.66. The number of ether oxygens (including phenoxy) is 1. The lowest BCUT2D eigenvalue weighted by Gasteiger charge is -2.31. The molecule has 0 saturated carbocycles. The van der Waals surface area contributed by atoms with E-state index in [0.717, 1.165) is 16.7 Å². The highest BCUT2D eigenvalue weighted by molar-refractivity contribution is 5.44. The molecule has 1 aliphatic heterocycles. The maximum Gasteiger partial charge on any atom is 0.150 e. The number of aromatic hydroxyl groups is 2. The maximum absolute atomic E-state index is 10.5. The summed E-state index contributed by atoms with van der Waals surface area (Å²) in [6, 6.07) is 10.2. The summed E-state index contributed by atoms with van der Waals surface area (Å²) in [5, 5.41) is 30.1. The number of aliphatic hydroxyl groups is 1. The van der Waals surface area contributed by atoms with E-state index in [1.165, 1.54) is 5.57 Å². The molecule has 2 aromatic carbocycles. The Kier molecular flexibility index (Phi) is 4.49. The minimum atomic E-state index is -0.678. The molecule has 0 saturated heterocycles. The Balaban J connectivity index is 1.91. The van der Waals surface area contributed by atoms with Crippen molar-refractivity contribution in [3.05, 3.63) is 64.7 Å². The molecule has 0 aliphatic carbocycles. The second-order valence-corrected chi connectivity index (χ2v) is 6.48. The number of aliphatic hydroxyl groups excluding tert-OH is 1. The van der Waals surface area contributed by atoms with Gasteiger partial charge in [-0.15, -0.1) is 0 Å². The predicted molar refractivity (Wildman–Crippen MR) is 92.4 cm³/mol. The SMILES string of the molecule is CC(C)=CCc1cc([C@H]2Oc3cc(O)ccc3C[C@H]2O)ccc1O. The summed E-state index contributed by atoms with van der Waals surface area (Å²) >= 11 is 0. The van der Waals surface area contributed by atoms with E-state index in [-0.39, 0.29) is 11.5 Å². The molecule has 0 bridgehead atoms. The number of phenols is 2. The van der Waals surface area contributed by atoms with Crippen LogP contribution >= 0.6 is 0 Å². The van der Waals surface area contributed by atoms with E-state index in [1.54, 1.807) is 30.3 Å². The third-order valence-electron chi connectivity index (χ3n) is 4.25. The zero-order valence-electron chi connectivity index (χ0n) is 13.9. The van der Waals surface area contributed by atoms with Crippen molar-refractivity contribution in [2.75, 3.05) is 0 Å². The number of fused-ring (bicyclic) bond motifs is 1. The topological polar surface area (TPSA) is 69.9 Å². The fraction of sp³-hybridized carbons (Fsp3) is 0.300.